The highest BCUT2D eigenvalue weighted by atomic mass is 35.5. The highest BCUT2D eigenvalue weighted by Crippen LogP contribution is 2.16. The number of halogens is 1. The summed E-state index contributed by atoms with van der Waals surface area (Å²) in [6.45, 7) is 5.51. The Morgan fingerprint density at radius 2 is 2.26 bits per heavy atom. The van der Waals surface area contributed by atoms with Gasteiger partial charge in [-0.05, 0) is 50.9 Å². The minimum absolute atomic E-state index is 0.154. The van der Waals surface area contributed by atoms with Crippen molar-refractivity contribution >= 4 is 17.5 Å². The van der Waals surface area contributed by atoms with Gasteiger partial charge in [0.25, 0.3) is 0 Å². The van der Waals surface area contributed by atoms with E-state index < -0.39 is 0 Å². The molecule has 0 saturated carbocycles. The van der Waals surface area contributed by atoms with Crippen LogP contribution in [0.4, 0.5) is 5.95 Å². The molecule has 0 bridgehead atoms. The van der Waals surface area contributed by atoms with Crippen LogP contribution in [0.3, 0.4) is 0 Å². The van der Waals surface area contributed by atoms with Gasteiger partial charge in [0.05, 0.1) is 6.61 Å². The molecule has 2 rings (SSSR count). The van der Waals surface area contributed by atoms with Crippen LogP contribution in [0.2, 0.25) is 5.28 Å². The van der Waals surface area contributed by atoms with Gasteiger partial charge in [-0.25, -0.2) is 0 Å². The minimum atomic E-state index is 0.154. The molecule has 1 aliphatic heterocycles. The van der Waals surface area contributed by atoms with Gasteiger partial charge >= 0.3 is 6.01 Å². The smallest absolute Gasteiger partial charge is 0.322 e. The van der Waals surface area contributed by atoms with E-state index in [1.807, 2.05) is 6.92 Å². The maximum Gasteiger partial charge on any atom is 0.322 e. The van der Waals surface area contributed by atoms with Gasteiger partial charge in [0.15, 0.2) is 0 Å². The first kappa shape index (κ1) is 14.3. The summed E-state index contributed by atoms with van der Waals surface area (Å²) in [5, 5.41) is 3.38. The van der Waals surface area contributed by atoms with Crippen LogP contribution in [-0.2, 0) is 0 Å². The SMILES string of the molecule is CCOc1nc(Cl)nc(NCC2CCCN(C)C2)n1. The molecule has 0 spiro atoms. The van der Waals surface area contributed by atoms with Gasteiger partial charge in [0.2, 0.25) is 11.2 Å². The van der Waals surface area contributed by atoms with Crippen molar-refractivity contribution in [2.24, 2.45) is 5.92 Å². The quantitative estimate of drug-likeness (QED) is 0.888. The molecular weight excluding hydrogens is 266 g/mol. The van der Waals surface area contributed by atoms with Crippen LogP contribution >= 0.6 is 11.6 Å². The lowest BCUT2D eigenvalue weighted by atomic mass is 9.99. The zero-order valence-corrected chi connectivity index (χ0v) is 12.2. The lowest BCUT2D eigenvalue weighted by Crippen LogP contribution is -2.35. The summed E-state index contributed by atoms with van der Waals surface area (Å²) in [5.74, 6) is 1.10. The number of anilines is 1. The minimum Gasteiger partial charge on any atom is -0.464 e. The van der Waals surface area contributed by atoms with E-state index in [9.17, 15) is 0 Å². The van der Waals surface area contributed by atoms with Gasteiger partial charge in [0.1, 0.15) is 0 Å². The lowest BCUT2D eigenvalue weighted by molar-refractivity contribution is 0.217. The van der Waals surface area contributed by atoms with Gasteiger partial charge in [-0.3, -0.25) is 0 Å². The number of hydrogen-bond acceptors (Lipinski definition) is 6. The first-order valence-corrected chi connectivity index (χ1v) is 7.02. The Labute approximate surface area is 118 Å². The maximum atomic E-state index is 5.84. The Kier molecular flexibility index (Phi) is 5.15. The second-order valence-corrected chi connectivity index (χ2v) is 5.13. The molecule has 1 aromatic rings. The molecule has 1 saturated heterocycles. The van der Waals surface area contributed by atoms with Crippen LogP contribution in [-0.4, -0.2) is 53.1 Å². The lowest BCUT2D eigenvalue weighted by Gasteiger charge is -2.29. The van der Waals surface area contributed by atoms with Crippen molar-refractivity contribution in [1.29, 1.82) is 0 Å². The number of likely N-dealkylation sites (tertiary alicyclic amines) is 1. The van der Waals surface area contributed by atoms with Gasteiger partial charge in [-0.15, -0.1) is 0 Å². The third-order valence-electron chi connectivity index (χ3n) is 3.13. The zero-order chi connectivity index (χ0) is 13.7. The molecule has 19 heavy (non-hydrogen) atoms. The molecule has 1 fully saturated rings. The number of aromatic nitrogens is 3. The van der Waals surface area contributed by atoms with Crippen molar-refractivity contribution in [2.45, 2.75) is 19.8 Å². The Morgan fingerprint density at radius 3 is 3.00 bits per heavy atom. The van der Waals surface area contributed by atoms with E-state index in [4.69, 9.17) is 16.3 Å². The summed E-state index contributed by atoms with van der Waals surface area (Å²) >= 11 is 5.84. The predicted molar refractivity (Wildman–Crippen MR) is 74.7 cm³/mol. The summed E-state index contributed by atoms with van der Waals surface area (Å²) in [4.78, 5) is 14.5. The molecule has 1 unspecified atom stereocenters. The molecule has 0 aliphatic carbocycles. The number of nitrogens with zero attached hydrogens (tertiary/aromatic N) is 4. The number of hydrogen-bond donors (Lipinski definition) is 1. The van der Waals surface area contributed by atoms with E-state index in [2.05, 4.69) is 32.2 Å². The summed E-state index contributed by atoms with van der Waals surface area (Å²) in [6, 6.07) is 0.269. The van der Waals surface area contributed by atoms with Crippen LogP contribution < -0.4 is 10.1 Å². The molecule has 0 radical (unpaired) electrons. The van der Waals surface area contributed by atoms with Crippen molar-refractivity contribution in [2.75, 3.05) is 38.6 Å². The second-order valence-electron chi connectivity index (χ2n) is 4.80. The topological polar surface area (TPSA) is 63.2 Å². The molecule has 0 amide bonds. The van der Waals surface area contributed by atoms with Crippen molar-refractivity contribution in [3.05, 3.63) is 5.28 Å². The molecule has 7 heteroatoms. The first-order valence-electron chi connectivity index (χ1n) is 6.64. The summed E-state index contributed by atoms with van der Waals surface area (Å²) in [7, 11) is 2.15. The third-order valence-corrected chi connectivity index (χ3v) is 3.30. The average molecular weight is 286 g/mol. The monoisotopic (exact) mass is 285 g/mol. The van der Waals surface area contributed by atoms with E-state index in [0.717, 1.165) is 13.1 Å². The summed E-state index contributed by atoms with van der Waals surface area (Å²) < 4.78 is 5.24. The Morgan fingerprint density at radius 1 is 1.42 bits per heavy atom. The summed E-state index contributed by atoms with van der Waals surface area (Å²) in [6.07, 6.45) is 2.47. The van der Waals surface area contributed by atoms with Crippen LogP contribution in [0.25, 0.3) is 0 Å². The van der Waals surface area contributed by atoms with E-state index >= 15 is 0 Å². The average Bonchev–Trinajstić information content (AvgIpc) is 2.36. The maximum absolute atomic E-state index is 5.84. The molecule has 1 atom stereocenters. The van der Waals surface area contributed by atoms with E-state index in [0.29, 0.717) is 18.5 Å². The molecule has 1 N–H and O–H groups in total. The third kappa shape index (κ3) is 4.47. The molecule has 6 nitrogen and oxygen atoms in total. The predicted octanol–water partition coefficient (Wildman–Crippen LogP) is 1.68. The Hall–Kier alpha value is -1.14. The van der Waals surface area contributed by atoms with Crippen LogP contribution in [0.15, 0.2) is 0 Å². The molecule has 0 aromatic carbocycles. The number of rotatable bonds is 5. The van der Waals surface area contributed by atoms with Gasteiger partial charge in [0, 0.05) is 13.1 Å². The molecule has 1 aliphatic rings. The van der Waals surface area contributed by atoms with E-state index in [-0.39, 0.29) is 11.3 Å². The van der Waals surface area contributed by atoms with Crippen molar-refractivity contribution in [1.82, 2.24) is 19.9 Å². The normalized spacial score (nSPS) is 20.3. The standard InChI is InChI=1S/C12H20ClN5O/c1-3-19-12-16-10(13)15-11(17-12)14-7-9-5-4-6-18(2)8-9/h9H,3-8H2,1-2H3,(H,14,15,16,17). The second kappa shape index (κ2) is 6.86. The Bertz CT molecular complexity index is 417. The number of nitrogens with one attached hydrogen (secondary N) is 1. The van der Waals surface area contributed by atoms with E-state index in [1.165, 1.54) is 19.4 Å². The van der Waals surface area contributed by atoms with Crippen LogP contribution in [0, 0.1) is 5.92 Å². The van der Waals surface area contributed by atoms with Crippen LogP contribution in [0.1, 0.15) is 19.8 Å². The van der Waals surface area contributed by atoms with Crippen LogP contribution in [0.5, 0.6) is 6.01 Å². The highest BCUT2D eigenvalue weighted by molar-refractivity contribution is 6.28. The Balaban J connectivity index is 1.91. The first-order chi connectivity index (χ1) is 9.17. The van der Waals surface area contributed by atoms with Gasteiger partial charge < -0.3 is 15.0 Å². The fourth-order valence-electron chi connectivity index (χ4n) is 2.28. The largest absolute Gasteiger partial charge is 0.464 e. The van der Waals surface area contributed by atoms with E-state index in [1.54, 1.807) is 0 Å². The fraction of sp³-hybridized carbons (Fsp3) is 0.750. The van der Waals surface area contributed by atoms with Crippen molar-refractivity contribution < 1.29 is 4.74 Å². The molecule has 1 aromatic heterocycles. The molecule has 106 valence electrons. The van der Waals surface area contributed by atoms with Gasteiger partial charge in [-0.2, -0.15) is 15.0 Å². The molecule has 2 heterocycles. The van der Waals surface area contributed by atoms with Crippen molar-refractivity contribution in [3.63, 3.8) is 0 Å². The number of ether oxygens (including phenoxy) is 1. The van der Waals surface area contributed by atoms with Gasteiger partial charge in [-0.1, -0.05) is 0 Å². The fourth-order valence-corrected chi connectivity index (χ4v) is 2.43. The molecular formula is C12H20ClN5O. The zero-order valence-electron chi connectivity index (χ0n) is 11.4. The highest BCUT2D eigenvalue weighted by Gasteiger charge is 2.17. The number of piperidine rings is 1. The summed E-state index contributed by atoms with van der Waals surface area (Å²) in [5.41, 5.74) is 0. The van der Waals surface area contributed by atoms with Crippen molar-refractivity contribution in [3.8, 4) is 6.01 Å².